The zero-order chi connectivity index (χ0) is 23.3. The summed E-state index contributed by atoms with van der Waals surface area (Å²) in [5, 5.41) is 11.5. The normalized spacial score (nSPS) is 14.3. The molecule has 1 fully saturated rings. The van der Waals surface area contributed by atoms with Gasteiger partial charge in [0.15, 0.2) is 0 Å². The van der Waals surface area contributed by atoms with Crippen LogP contribution in [0.2, 0.25) is 0 Å². The highest BCUT2D eigenvalue weighted by Gasteiger charge is 2.13. The molecule has 0 atom stereocenters. The van der Waals surface area contributed by atoms with Crippen LogP contribution in [-0.4, -0.2) is 79.0 Å². The summed E-state index contributed by atoms with van der Waals surface area (Å²) in [6.45, 7) is 5.43. The Morgan fingerprint density at radius 2 is 1.67 bits per heavy atom. The number of fused-ring (bicyclic) bond motifs is 1. The Kier molecular flexibility index (Phi) is 10.1. The summed E-state index contributed by atoms with van der Waals surface area (Å²) in [5.74, 6) is -0.666. The van der Waals surface area contributed by atoms with Gasteiger partial charge in [-0.1, -0.05) is 18.2 Å². The van der Waals surface area contributed by atoms with E-state index < -0.39 is 5.97 Å². The zero-order valence-electron chi connectivity index (χ0n) is 19.0. The van der Waals surface area contributed by atoms with Gasteiger partial charge < -0.3 is 28.6 Å². The van der Waals surface area contributed by atoms with Gasteiger partial charge in [0.05, 0.1) is 46.2 Å². The van der Waals surface area contributed by atoms with E-state index in [2.05, 4.69) is 23.1 Å². The lowest BCUT2D eigenvalue weighted by Gasteiger charge is -2.29. The molecule has 0 radical (unpaired) electrons. The van der Waals surface area contributed by atoms with Crippen LogP contribution >= 0.6 is 0 Å². The summed E-state index contributed by atoms with van der Waals surface area (Å²) in [4.78, 5) is 14.6. The largest absolute Gasteiger partial charge is 0.459 e. The van der Waals surface area contributed by atoms with Crippen LogP contribution in [0.3, 0.4) is 0 Å². The third-order valence-corrected chi connectivity index (χ3v) is 5.14. The van der Waals surface area contributed by atoms with Crippen molar-refractivity contribution in [2.24, 2.45) is 0 Å². The van der Waals surface area contributed by atoms with Crippen LogP contribution in [0, 0.1) is 11.3 Å². The molecular formula is C25H30N2O6. The minimum absolute atomic E-state index is 0.0535. The molecule has 33 heavy (non-hydrogen) atoms. The quantitative estimate of drug-likeness (QED) is 0.209. The van der Waals surface area contributed by atoms with Crippen LogP contribution in [0.25, 0.3) is 16.8 Å². The molecule has 8 nitrogen and oxygen atoms in total. The number of benzene rings is 2. The van der Waals surface area contributed by atoms with E-state index in [1.165, 1.54) is 5.69 Å². The molecule has 176 valence electrons. The van der Waals surface area contributed by atoms with Gasteiger partial charge in [0.2, 0.25) is 0 Å². The van der Waals surface area contributed by atoms with Crippen LogP contribution < -0.4 is 4.90 Å². The summed E-state index contributed by atoms with van der Waals surface area (Å²) in [6, 6.07) is 14.1. The van der Waals surface area contributed by atoms with Crippen molar-refractivity contribution >= 4 is 28.5 Å². The van der Waals surface area contributed by atoms with Crippen molar-refractivity contribution in [1.82, 2.24) is 0 Å². The number of nitriles is 1. The second kappa shape index (κ2) is 13.6. The van der Waals surface area contributed by atoms with Crippen molar-refractivity contribution in [3.8, 4) is 6.07 Å². The first kappa shape index (κ1) is 24.7. The van der Waals surface area contributed by atoms with Crippen molar-refractivity contribution in [2.75, 3.05) is 78.0 Å². The molecule has 0 aromatic heterocycles. The van der Waals surface area contributed by atoms with Crippen molar-refractivity contribution in [2.45, 2.75) is 0 Å². The lowest BCUT2D eigenvalue weighted by molar-refractivity contribution is -0.140. The molecule has 1 aliphatic heterocycles. The predicted octanol–water partition coefficient (Wildman–Crippen LogP) is 2.81. The van der Waals surface area contributed by atoms with E-state index in [9.17, 15) is 10.1 Å². The number of methoxy groups -OCH3 is 1. The van der Waals surface area contributed by atoms with Gasteiger partial charge in [-0.3, -0.25) is 0 Å². The fraction of sp³-hybridized carbons (Fsp3) is 0.440. The fourth-order valence-electron chi connectivity index (χ4n) is 3.40. The number of hydrogen-bond acceptors (Lipinski definition) is 8. The molecule has 0 N–H and O–H groups in total. The number of carbonyl (C=O) groups excluding carboxylic acids is 1. The summed E-state index contributed by atoms with van der Waals surface area (Å²) in [7, 11) is 1.61. The van der Waals surface area contributed by atoms with Gasteiger partial charge in [0, 0.05) is 25.9 Å². The van der Waals surface area contributed by atoms with Crippen molar-refractivity contribution in [3.63, 3.8) is 0 Å². The second-order valence-electron chi connectivity index (χ2n) is 7.41. The molecular weight excluding hydrogens is 424 g/mol. The molecule has 3 rings (SSSR count). The monoisotopic (exact) mass is 454 g/mol. The summed E-state index contributed by atoms with van der Waals surface area (Å²) < 4.78 is 26.1. The van der Waals surface area contributed by atoms with Gasteiger partial charge in [0.1, 0.15) is 18.2 Å². The van der Waals surface area contributed by atoms with E-state index in [0.29, 0.717) is 26.4 Å². The number of rotatable bonds is 12. The van der Waals surface area contributed by atoms with Gasteiger partial charge in [-0.05, 0) is 40.6 Å². The van der Waals surface area contributed by atoms with Crippen molar-refractivity contribution in [3.05, 3.63) is 47.5 Å². The molecule has 0 unspecified atom stereocenters. The highest BCUT2D eigenvalue weighted by molar-refractivity contribution is 5.98. The molecule has 0 amide bonds. The van der Waals surface area contributed by atoms with Crippen molar-refractivity contribution < 1.29 is 28.5 Å². The molecule has 1 heterocycles. The standard InChI is InChI=1S/C25H30N2O6/c1-29-10-11-31-12-13-32-14-15-33-25(28)23(19-26)17-20-2-3-22-18-24(5-4-21(22)16-20)27-6-8-30-9-7-27/h2-5,16-18H,6-15H2,1H3. The Balaban J connectivity index is 1.51. The number of carbonyl (C=O) groups is 1. The average molecular weight is 455 g/mol. The topological polar surface area (TPSA) is 90.2 Å². The van der Waals surface area contributed by atoms with Crippen LogP contribution in [0.15, 0.2) is 42.0 Å². The number of esters is 1. The van der Waals surface area contributed by atoms with Crippen LogP contribution in [0.5, 0.6) is 0 Å². The maximum atomic E-state index is 12.2. The maximum Gasteiger partial charge on any atom is 0.348 e. The summed E-state index contributed by atoms with van der Waals surface area (Å²) in [5.41, 5.74) is 1.88. The Bertz CT molecular complexity index is 979. The van der Waals surface area contributed by atoms with Crippen molar-refractivity contribution in [1.29, 1.82) is 5.26 Å². The molecule has 0 spiro atoms. The fourth-order valence-corrected chi connectivity index (χ4v) is 3.40. The van der Waals surface area contributed by atoms with E-state index >= 15 is 0 Å². The van der Waals surface area contributed by atoms with E-state index in [1.807, 2.05) is 24.3 Å². The first-order valence-corrected chi connectivity index (χ1v) is 11.0. The first-order valence-electron chi connectivity index (χ1n) is 11.0. The molecule has 1 aliphatic rings. The van der Waals surface area contributed by atoms with Gasteiger partial charge in [-0.25, -0.2) is 4.79 Å². The van der Waals surface area contributed by atoms with E-state index in [-0.39, 0.29) is 18.8 Å². The Morgan fingerprint density at radius 1 is 1.00 bits per heavy atom. The molecule has 2 aromatic carbocycles. The predicted molar refractivity (Wildman–Crippen MR) is 125 cm³/mol. The number of morpholine rings is 1. The minimum atomic E-state index is -0.666. The van der Waals surface area contributed by atoms with Gasteiger partial charge in [-0.15, -0.1) is 0 Å². The number of ether oxygens (including phenoxy) is 5. The molecule has 2 aromatic rings. The van der Waals surface area contributed by atoms with Gasteiger partial charge in [0.25, 0.3) is 0 Å². The number of hydrogen-bond donors (Lipinski definition) is 0. The lowest BCUT2D eigenvalue weighted by atomic mass is 10.0. The minimum Gasteiger partial charge on any atom is -0.459 e. The Morgan fingerprint density at radius 3 is 2.39 bits per heavy atom. The molecule has 0 saturated carbocycles. The average Bonchev–Trinajstić information content (AvgIpc) is 2.86. The molecule has 8 heteroatoms. The molecule has 0 bridgehead atoms. The summed E-state index contributed by atoms with van der Waals surface area (Å²) >= 11 is 0. The van der Waals surface area contributed by atoms with Gasteiger partial charge in [-0.2, -0.15) is 5.26 Å². The zero-order valence-corrected chi connectivity index (χ0v) is 19.0. The van der Waals surface area contributed by atoms with Crippen LogP contribution in [-0.2, 0) is 28.5 Å². The number of nitrogens with zero attached hydrogens (tertiary/aromatic N) is 2. The number of anilines is 1. The Labute approximate surface area is 194 Å². The maximum absolute atomic E-state index is 12.2. The highest BCUT2D eigenvalue weighted by atomic mass is 16.6. The van der Waals surface area contributed by atoms with Crippen LogP contribution in [0.4, 0.5) is 5.69 Å². The van der Waals surface area contributed by atoms with E-state index in [4.69, 9.17) is 23.7 Å². The SMILES string of the molecule is COCCOCCOCCOC(=O)C(C#N)=Cc1ccc2cc(N3CCOCC3)ccc2c1. The third-order valence-electron chi connectivity index (χ3n) is 5.14. The smallest absolute Gasteiger partial charge is 0.348 e. The second-order valence-corrected chi connectivity index (χ2v) is 7.41. The van der Waals surface area contributed by atoms with E-state index in [0.717, 1.165) is 42.6 Å². The van der Waals surface area contributed by atoms with Gasteiger partial charge >= 0.3 is 5.97 Å². The Hall–Kier alpha value is -2.96. The molecule has 1 saturated heterocycles. The first-order chi connectivity index (χ1) is 16.2. The molecule has 0 aliphatic carbocycles. The summed E-state index contributed by atoms with van der Waals surface area (Å²) in [6.07, 6.45) is 1.54. The third kappa shape index (κ3) is 7.84. The van der Waals surface area contributed by atoms with E-state index in [1.54, 1.807) is 13.2 Å². The lowest BCUT2D eigenvalue weighted by Crippen LogP contribution is -2.36. The van der Waals surface area contributed by atoms with Crippen LogP contribution in [0.1, 0.15) is 5.56 Å². The highest BCUT2D eigenvalue weighted by Crippen LogP contribution is 2.24.